The van der Waals surface area contributed by atoms with Crippen molar-refractivity contribution in [3.63, 3.8) is 0 Å². The van der Waals surface area contributed by atoms with Gasteiger partial charge in [0.05, 0.1) is 0 Å². The Morgan fingerprint density at radius 2 is 1.86 bits per heavy atom. The van der Waals surface area contributed by atoms with Gasteiger partial charge in [0.25, 0.3) is 10.0 Å². The average Bonchev–Trinajstić information content (AvgIpc) is 2.90. The van der Waals surface area contributed by atoms with Crippen LogP contribution in [-0.4, -0.2) is 44.0 Å². The van der Waals surface area contributed by atoms with Crippen LogP contribution in [0, 0.1) is 0 Å². The summed E-state index contributed by atoms with van der Waals surface area (Å²) in [6.07, 6.45) is 1.22. The summed E-state index contributed by atoms with van der Waals surface area (Å²) in [4.78, 5) is 2.19. The molecule has 0 amide bonds. The summed E-state index contributed by atoms with van der Waals surface area (Å²) in [6.45, 7) is 0. The van der Waals surface area contributed by atoms with E-state index in [1.165, 1.54) is 29.4 Å². The molecule has 0 saturated heterocycles. The lowest BCUT2D eigenvalue weighted by Gasteiger charge is -2.02. The molecule has 0 spiro atoms. The molecule has 0 aliphatic heterocycles. The average molecular weight is 326 g/mol. The van der Waals surface area contributed by atoms with E-state index in [2.05, 4.69) is 4.40 Å². The number of benzene rings is 1. The normalized spacial score (nSPS) is 11.9. The van der Waals surface area contributed by atoms with E-state index in [1.54, 1.807) is 26.2 Å². The van der Waals surface area contributed by atoms with Gasteiger partial charge in [-0.15, -0.1) is 15.7 Å². The zero-order chi connectivity index (χ0) is 15.6. The largest absolute Gasteiger partial charge is 0.504 e. The van der Waals surface area contributed by atoms with Crippen molar-refractivity contribution in [1.29, 1.82) is 0 Å². The molecule has 1 aromatic heterocycles. The summed E-state index contributed by atoms with van der Waals surface area (Å²) in [5, 5.41) is 18.8. The summed E-state index contributed by atoms with van der Waals surface area (Å²) >= 11 is 1.05. The number of hydrogen-bond acceptors (Lipinski definition) is 5. The molecule has 21 heavy (non-hydrogen) atoms. The van der Waals surface area contributed by atoms with E-state index in [9.17, 15) is 18.6 Å². The lowest BCUT2D eigenvalue weighted by atomic mass is 10.2. The van der Waals surface area contributed by atoms with Gasteiger partial charge in [-0.05, 0) is 35.9 Å². The van der Waals surface area contributed by atoms with Gasteiger partial charge in [0, 0.05) is 19.0 Å². The zero-order valence-electron chi connectivity index (χ0n) is 11.4. The van der Waals surface area contributed by atoms with Crippen LogP contribution in [0.4, 0.5) is 0 Å². The third-order valence-corrected chi connectivity index (χ3v) is 5.34. The molecule has 112 valence electrons. The van der Waals surface area contributed by atoms with Gasteiger partial charge in [-0.2, -0.15) is 8.42 Å². The minimum absolute atomic E-state index is 0.114. The lowest BCUT2D eigenvalue weighted by molar-refractivity contribution is 0.404. The number of aromatic hydroxyl groups is 2. The van der Waals surface area contributed by atoms with Crippen LogP contribution in [0.15, 0.2) is 38.9 Å². The number of sulfonamides is 1. The predicted octanol–water partition coefficient (Wildman–Crippen LogP) is 2.10. The maximum absolute atomic E-state index is 12.0. The van der Waals surface area contributed by atoms with Crippen molar-refractivity contribution >= 4 is 27.7 Å². The minimum Gasteiger partial charge on any atom is -0.504 e. The molecule has 0 bridgehead atoms. The van der Waals surface area contributed by atoms with Crippen molar-refractivity contribution in [2.24, 2.45) is 4.40 Å². The summed E-state index contributed by atoms with van der Waals surface area (Å²) < 4.78 is 27.7. The van der Waals surface area contributed by atoms with Crippen molar-refractivity contribution in [1.82, 2.24) is 4.90 Å². The fourth-order valence-electron chi connectivity index (χ4n) is 1.50. The molecular weight excluding hydrogens is 312 g/mol. The first-order valence-corrected chi connectivity index (χ1v) is 8.14. The molecule has 0 atom stereocenters. The number of rotatable bonds is 4. The fourth-order valence-corrected chi connectivity index (χ4v) is 3.71. The Labute approximate surface area is 126 Å². The Morgan fingerprint density at radius 3 is 2.48 bits per heavy atom. The van der Waals surface area contributed by atoms with Crippen LogP contribution < -0.4 is 0 Å². The fraction of sp³-hybridized carbons (Fsp3) is 0.154. The predicted molar refractivity (Wildman–Crippen MR) is 82.4 cm³/mol. The van der Waals surface area contributed by atoms with Gasteiger partial charge < -0.3 is 15.1 Å². The molecule has 0 aliphatic carbocycles. The quantitative estimate of drug-likeness (QED) is 0.510. The minimum atomic E-state index is -3.73. The zero-order valence-corrected chi connectivity index (χ0v) is 13.0. The summed E-state index contributed by atoms with van der Waals surface area (Å²) in [7, 11) is -0.369. The SMILES string of the molecule is CN(C)/C=N/S(=O)(=O)c1ccc(-c2ccc(O)c(O)c2)s1. The second kappa shape index (κ2) is 5.74. The molecule has 0 fully saturated rings. The molecule has 0 saturated carbocycles. The Kier molecular flexibility index (Phi) is 4.19. The molecule has 1 aromatic carbocycles. The topological polar surface area (TPSA) is 90.2 Å². The second-order valence-electron chi connectivity index (χ2n) is 4.48. The van der Waals surface area contributed by atoms with Crippen LogP contribution in [0.1, 0.15) is 0 Å². The van der Waals surface area contributed by atoms with Crippen LogP contribution in [0.3, 0.4) is 0 Å². The Morgan fingerprint density at radius 1 is 1.14 bits per heavy atom. The van der Waals surface area contributed by atoms with Crippen molar-refractivity contribution in [2.75, 3.05) is 14.1 Å². The van der Waals surface area contributed by atoms with Gasteiger partial charge >= 0.3 is 0 Å². The van der Waals surface area contributed by atoms with Crippen LogP contribution in [0.5, 0.6) is 11.5 Å². The van der Waals surface area contributed by atoms with Crippen LogP contribution in [0.25, 0.3) is 10.4 Å². The second-order valence-corrected chi connectivity index (χ2v) is 7.42. The van der Waals surface area contributed by atoms with E-state index in [1.807, 2.05) is 0 Å². The van der Waals surface area contributed by atoms with Gasteiger partial charge in [-0.1, -0.05) is 0 Å². The van der Waals surface area contributed by atoms with Gasteiger partial charge in [0.15, 0.2) is 11.5 Å². The Balaban J connectivity index is 2.35. The number of thiophene rings is 1. The number of hydrogen-bond donors (Lipinski definition) is 2. The molecular formula is C13H14N2O4S2. The highest BCUT2D eigenvalue weighted by Crippen LogP contribution is 2.35. The third kappa shape index (κ3) is 3.53. The summed E-state index contributed by atoms with van der Waals surface area (Å²) in [5.74, 6) is -0.477. The highest BCUT2D eigenvalue weighted by molar-refractivity contribution is 7.92. The van der Waals surface area contributed by atoms with E-state index < -0.39 is 10.0 Å². The lowest BCUT2D eigenvalue weighted by Crippen LogP contribution is -2.09. The van der Waals surface area contributed by atoms with Crippen molar-refractivity contribution < 1.29 is 18.6 Å². The molecule has 2 N–H and O–H groups in total. The van der Waals surface area contributed by atoms with E-state index >= 15 is 0 Å². The molecule has 8 heteroatoms. The molecule has 0 aliphatic rings. The van der Waals surface area contributed by atoms with Crippen molar-refractivity contribution in [2.45, 2.75) is 4.21 Å². The van der Waals surface area contributed by atoms with Crippen molar-refractivity contribution in [3.8, 4) is 21.9 Å². The van der Waals surface area contributed by atoms with Gasteiger partial charge in [-0.3, -0.25) is 0 Å². The van der Waals surface area contributed by atoms with Crippen molar-refractivity contribution in [3.05, 3.63) is 30.3 Å². The van der Waals surface area contributed by atoms with Gasteiger partial charge in [-0.25, -0.2) is 0 Å². The highest BCUT2D eigenvalue weighted by atomic mass is 32.2. The monoisotopic (exact) mass is 326 g/mol. The first-order chi connectivity index (χ1) is 9.79. The first kappa shape index (κ1) is 15.3. The van der Waals surface area contributed by atoms with E-state index in [0.29, 0.717) is 10.4 Å². The highest BCUT2D eigenvalue weighted by Gasteiger charge is 2.16. The first-order valence-electron chi connectivity index (χ1n) is 5.89. The molecule has 0 unspecified atom stereocenters. The maximum Gasteiger partial charge on any atom is 0.293 e. The standard InChI is InChI=1S/C13H14N2O4S2/c1-15(2)8-14-21(18,19)13-6-5-12(20-13)9-3-4-10(16)11(17)7-9/h3-8,16-17H,1-2H3/b14-8+. The molecule has 2 rings (SSSR count). The summed E-state index contributed by atoms with van der Waals surface area (Å²) in [5.41, 5.74) is 0.619. The van der Waals surface area contributed by atoms with Gasteiger partial charge in [0.1, 0.15) is 10.5 Å². The smallest absolute Gasteiger partial charge is 0.293 e. The third-order valence-electron chi connectivity index (χ3n) is 2.51. The number of phenolic OH excluding ortho intramolecular Hbond substituents is 2. The van der Waals surface area contributed by atoms with Gasteiger partial charge in [0.2, 0.25) is 0 Å². The summed E-state index contributed by atoms with van der Waals surface area (Å²) in [6, 6.07) is 7.42. The maximum atomic E-state index is 12.0. The Bertz CT molecular complexity index is 779. The van der Waals surface area contributed by atoms with Crippen LogP contribution in [0.2, 0.25) is 0 Å². The van der Waals surface area contributed by atoms with Crippen LogP contribution in [-0.2, 0) is 10.0 Å². The van der Waals surface area contributed by atoms with Crippen LogP contribution >= 0.6 is 11.3 Å². The Hall–Kier alpha value is -2.06. The molecule has 6 nitrogen and oxygen atoms in total. The van der Waals surface area contributed by atoms with E-state index in [-0.39, 0.29) is 15.7 Å². The van der Waals surface area contributed by atoms with E-state index in [0.717, 1.165) is 11.3 Å². The number of nitrogens with zero attached hydrogens (tertiary/aromatic N) is 2. The number of phenols is 2. The van der Waals surface area contributed by atoms with E-state index in [4.69, 9.17) is 0 Å². The molecule has 1 heterocycles. The molecule has 2 aromatic rings. The molecule has 0 radical (unpaired) electrons.